The number of rotatable bonds is 6. The summed E-state index contributed by atoms with van der Waals surface area (Å²) in [5.74, 6) is 1.46. The van der Waals surface area contributed by atoms with Gasteiger partial charge in [-0.3, -0.25) is 4.79 Å². The van der Waals surface area contributed by atoms with Crippen LogP contribution in [0.5, 0.6) is 11.5 Å². The smallest absolute Gasteiger partial charge is 0.221 e. The summed E-state index contributed by atoms with van der Waals surface area (Å²) in [5.41, 5.74) is 1.55. The zero-order valence-corrected chi connectivity index (χ0v) is 13.6. The van der Waals surface area contributed by atoms with Crippen LogP contribution in [-0.4, -0.2) is 19.5 Å². The molecular weight excluding hydrogens is 304 g/mol. The molecule has 0 N–H and O–H groups in total. The molecule has 0 amide bonds. The first-order chi connectivity index (χ1) is 11.7. The molecule has 4 nitrogen and oxygen atoms in total. The van der Waals surface area contributed by atoms with E-state index in [-0.39, 0.29) is 5.78 Å². The molecule has 4 heteroatoms. The van der Waals surface area contributed by atoms with Crippen LogP contribution in [0.15, 0.2) is 59.0 Å². The van der Waals surface area contributed by atoms with Gasteiger partial charge in [-0.1, -0.05) is 30.3 Å². The van der Waals surface area contributed by atoms with E-state index in [0.29, 0.717) is 29.4 Å². The maximum atomic E-state index is 12.3. The van der Waals surface area contributed by atoms with Gasteiger partial charge < -0.3 is 13.9 Å². The molecule has 0 bridgehead atoms. The summed E-state index contributed by atoms with van der Waals surface area (Å²) in [7, 11) is 1.59. The van der Waals surface area contributed by atoms with Crippen molar-refractivity contribution in [1.29, 1.82) is 0 Å². The highest BCUT2D eigenvalue weighted by atomic mass is 16.5. The van der Waals surface area contributed by atoms with Crippen LogP contribution in [0.4, 0.5) is 0 Å². The van der Waals surface area contributed by atoms with Gasteiger partial charge in [-0.2, -0.15) is 0 Å². The third-order valence-electron chi connectivity index (χ3n) is 3.58. The Balaban J connectivity index is 1.80. The van der Waals surface area contributed by atoms with E-state index in [1.807, 2.05) is 49.4 Å². The molecule has 0 unspecified atom stereocenters. The summed E-state index contributed by atoms with van der Waals surface area (Å²) in [6.07, 6.45) is 3.22. The van der Waals surface area contributed by atoms with Crippen molar-refractivity contribution in [1.82, 2.24) is 0 Å². The van der Waals surface area contributed by atoms with Crippen molar-refractivity contribution >= 4 is 22.8 Å². The van der Waals surface area contributed by atoms with E-state index < -0.39 is 0 Å². The molecule has 3 rings (SSSR count). The van der Waals surface area contributed by atoms with Gasteiger partial charge in [-0.15, -0.1) is 0 Å². The van der Waals surface area contributed by atoms with E-state index in [9.17, 15) is 4.79 Å². The molecule has 0 aliphatic rings. The summed E-state index contributed by atoms with van der Waals surface area (Å²) in [4.78, 5) is 12.3. The summed E-state index contributed by atoms with van der Waals surface area (Å²) in [6, 6.07) is 14.8. The molecule has 0 saturated carbocycles. The highest BCUT2D eigenvalue weighted by Gasteiger charge is 2.09. The van der Waals surface area contributed by atoms with Gasteiger partial charge in [0.25, 0.3) is 0 Å². The normalized spacial score (nSPS) is 11.1. The van der Waals surface area contributed by atoms with E-state index in [4.69, 9.17) is 13.9 Å². The summed E-state index contributed by atoms with van der Waals surface area (Å²) in [6.45, 7) is 2.48. The van der Waals surface area contributed by atoms with Gasteiger partial charge >= 0.3 is 0 Å². The summed E-state index contributed by atoms with van der Waals surface area (Å²) in [5, 5.41) is 0.914. The molecular formula is C20H18O4. The maximum absolute atomic E-state index is 12.3. The number of ketones is 1. The summed E-state index contributed by atoms with van der Waals surface area (Å²) >= 11 is 0. The fraction of sp³-hybridized carbons (Fsp3) is 0.150. The molecule has 122 valence electrons. The van der Waals surface area contributed by atoms with Crippen molar-refractivity contribution in [2.45, 2.75) is 6.92 Å². The Kier molecular flexibility index (Phi) is 4.66. The highest BCUT2D eigenvalue weighted by molar-refractivity contribution is 6.06. The monoisotopic (exact) mass is 322 g/mol. The Morgan fingerprint density at radius 2 is 1.96 bits per heavy atom. The average Bonchev–Trinajstić information content (AvgIpc) is 3.05. The van der Waals surface area contributed by atoms with Crippen LogP contribution < -0.4 is 9.47 Å². The van der Waals surface area contributed by atoms with E-state index in [1.54, 1.807) is 19.3 Å². The van der Waals surface area contributed by atoms with Gasteiger partial charge in [0.1, 0.15) is 5.58 Å². The van der Waals surface area contributed by atoms with E-state index in [0.717, 1.165) is 10.9 Å². The minimum Gasteiger partial charge on any atom is -0.493 e. The van der Waals surface area contributed by atoms with Crippen LogP contribution in [0.1, 0.15) is 23.0 Å². The Hall–Kier alpha value is -3.01. The zero-order valence-electron chi connectivity index (χ0n) is 13.6. The van der Waals surface area contributed by atoms with E-state index in [2.05, 4.69) is 0 Å². The second-order valence-electron chi connectivity index (χ2n) is 5.19. The van der Waals surface area contributed by atoms with Gasteiger partial charge in [0, 0.05) is 5.39 Å². The largest absolute Gasteiger partial charge is 0.493 e. The summed E-state index contributed by atoms with van der Waals surface area (Å²) < 4.78 is 16.4. The average molecular weight is 322 g/mol. The standard InChI is InChI=1S/C20H18O4/c1-3-23-18-11-9-14(12-20(18)22-2)8-10-16(21)19-13-15-6-4-5-7-17(15)24-19/h4-13H,3H2,1-2H3/b10-8+. The van der Waals surface area contributed by atoms with Crippen molar-refractivity contribution in [2.24, 2.45) is 0 Å². The molecule has 0 aliphatic heterocycles. The predicted molar refractivity (Wildman–Crippen MR) is 93.7 cm³/mol. The molecule has 0 saturated heterocycles. The number of methoxy groups -OCH3 is 1. The molecule has 3 aromatic rings. The Morgan fingerprint density at radius 3 is 2.71 bits per heavy atom. The van der Waals surface area contributed by atoms with Crippen LogP contribution in [0.2, 0.25) is 0 Å². The SMILES string of the molecule is CCOc1ccc(/C=C/C(=O)c2cc3ccccc3o2)cc1OC. The minimum atomic E-state index is -0.181. The zero-order chi connectivity index (χ0) is 16.9. The Bertz CT molecular complexity index is 857. The Labute approximate surface area is 140 Å². The molecule has 1 aromatic heterocycles. The highest BCUT2D eigenvalue weighted by Crippen LogP contribution is 2.28. The fourth-order valence-electron chi connectivity index (χ4n) is 2.42. The molecule has 0 aliphatic carbocycles. The van der Waals surface area contributed by atoms with Crippen LogP contribution in [-0.2, 0) is 0 Å². The number of ether oxygens (including phenoxy) is 2. The Morgan fingerprint density at radius 1 is 1.12 bits per heavy atom. The molecule has 2 aromatic carbocycles. The van der Waals surface area contributed by atoms with Gasteiger partial charge in [0.15, 0.2) is 17.3 Å². The number of fused-ring (bicyclic) bond motifs is 1. The molecule has 0 atom stereocenters. The lowest BCUT2D eigenvalue weighted by Gasteiger charge is -2.09. The number of benzene rings is 2. The molecule has 1 heterocycles. The van der Waals surface area contributed by atoms with E-state index in [1.165, 1.54) is 6.08 Å². The fourth-order valence-corrected chi connectivity index (χ4v) is 2.42. The number of allylic oxidation sites excluding steroid dienone is 1. The lowest BCUT2D eigenvalue weighted by molar-refractivity contribution is 0.102. The first-order valence-electron chi connectivity index (χ1n) is 7.73. The second-order valence-corrected chi connectivity index (χ2v) is 5.19. The number of carbonyl (C=O) groups is 1. The molecule has 0 spiro atoms. The van der Waals surface area contributed by atoms with E-state index >= 15 is 0 Å². The molecule has 0 radical (unpaired) electrons. The second kappa shape index (κ2) is 7.04. The van der Waals surface area contributed by atoms with Crippen LogP contribution >= 0.6 is 0 Å². The minimum absolute atomic E-state index is 0.181. The number of hydrogen-bond donors (Lipinski definition) is 0. The first kappa shape index (κ1) is 15.9. The van der Waals surface area contributed by atoms with Crippen LogP contribution in [0.25, 0.3) is 17.0 Å². The number of carbonyl (C=O) groups excluding carboxylic acids is 1. The third kappa shape index (κ3) is 3.33. The van der Waals surface area contributed by atoms with Crippen LogP contribution in [0.3, 0.4) is 0 Å². The van der Waals surface area contributed by atoms with Gasteiger partial charge in [0.05, 0.1) is 13.7 Å². The number of para-hydroxylation sites is 1. The predicted octanol–water partition coefficient (Wildman–Crippen LogP) is 4.74. The van der Waals surface area contributed by atoms with Crippen molar-refractivity contribution in [3.63, 3.8) is 0 Å². The maximum Gasteiger partial charge on any atom is 0.221 e. The van der Waals surface area contributed by atoms with Crippen molar-refractivity contribution < 1.29 is 18.7 Å². The molecule has 0 fully saturated rings. The number of hydrogen-bond acceptors (Lipinski definition) is 4. The molecule has 24 heavy (non-hydrogen) atoms. The van der Waals surface area contributed by atoms with Crippen molar-refractivity contribution in [2.75, 3.05) is 13.7 Å². The van der Waals surface area contributed by atoms with Gasteiger partial charge in [-0.05, 0) is 42.8 Å². The number of furan rings is 1. The van der Waals surface area contributed by atoms with Gasteiger partial charge in [-0.25, -0.2) is 0 Å². The quantitative estimate of drug-likeness (QED) is 0.486. The third-order valence-corrected chi connectivity index (χ3v) is 3.58. The van der Waals surface area contributed by atoms with Gasteiger partial charge in [0.2, 0.25) is 5.78 Å². The topological polar surface area (TPSA) is 48.7 Å². The lowest BCUT2D eigenvalue weighted by atomic mass is 10.1. The van der Waals surface area contributed by atoms with Crippen molar-refractivity contribution in [3.05, 3.63) is 65.9 Å². The first-order valence-corrected chi connectivity index (χ1v) is 7.73. The van der Waals surface area contributed by atoms with Crippen LogP contribution in [0, 0.1) is 0 Å². The van der Waals surface area contributed by atoms with Crippen molar-refractivity contribution in [3.8, 4) is 11.5 Å². The lowest BCUT2D eigenvalue weighted by Crippen LogP contribution is -1.95.